The van der Waals surface area contributed by atoms with Crippen molar-refractivity contribution < 1.29 is 23.1 Å². The lowest BCUT2D eigenvalue weighted by Crippen LogP contribution is -2.45. The van der Waals surface area contributed by atoms with Gasteiger partial charge in [-0.1, -0.05) is 23.4 Å². The highest BCUT2D eigenvalue weighted by atomic mass is 35.5. The quantitative estimate of drug-likeness (QED) is 0.357. The third kappa shape index (κ3) is 5.62. The van der Waals surface area contributed by atoms with Gasteiger partial charge < -0.3 is 15.7 Å². The number of hydrogen-bond donors (Lipinski definition) is 2. The number of rotatable bonds is 4. The van der Waals surface area contributed by atoms with Gasteiger partial charge in [-0.15, -0.1) is 0 Å². The second-order valence-electron chi connectivity index (χ2n) is 9.26. The average Bonchev–Trinajstić information content (AvgIpc) is 3.67. The Kier molecular flexibility index (Phi) is 7.70. The lowest BCUT2D eigenvalue weighted by molar-refractivity contribution is -0.192. The highest BCUT2D eigenvalue weighted by molar-refractivity contribution is 7.99. The normalized spacial score (nSPS) is 17.8. The maximum absolute atomic E-state index is 10.6. The first-order chi connectivity index (χ1) is 19.1. The van der Waals surface area contributed by atoms with Gasteiger partial charge in [0.05, 0.1) is 29.2 Å². The molecule has 2 aliphatic rings. The molecule has 0 amide bonds. The number of aliphatic carboxylic acids is 1. The molecule has 210 valence electrons. The van der Waals surface area contributed by atoms with E-state index in [1.165, 1.54) is 11.8 Å². The summed E-state index contributed by atoms with van der Waals surface area (Å²) < 4.78 is 35.4. The molecule has 1 saturated heterocycles. The molecule has 0 bridgehead atoms. The number of carboxylic acids is 1. The van der Waals surface area contributed by atoms with Crippen LogP contribution in [0.3, 0.4) is 0 Å². The largest absolute Gasteiger partial charge is 0.490 e. The Morgan fingerprint density at radius 3 is 2.45 bits per heavy atom. The maximum atomic E-state index is 10.6. The molecule has 1 fully saturated rings. The number of nitrogens with two attached hydrogens (primary N) is 1. The fraction of sp³-hybridized carbons (Fsp3) is 0.333. The van der Waals surface area contributed by atoms with Crippen LogP contribution in [0, 0.1) is 5.41 Å². The first kappa shape index (κ1) is 27.9. The second-order valence-corrected chi connectivity index (χ2v) is 10.7. The molecule has 0 unspecified atom stereocenters. The number of pyridine rings is 1. The van der Waals surface area contributed by atoms with E-state index in [1.807, 2.05) is 36.8 Å². The molecule has 1 spiro atoms. The van der Waals surface area contributed by atoms with Crippen molar-refractivity contribution in [2.45, 2.75) is 41.5 Å². The standard InChI is InChI=1S/C22H22ClN9S.C2HF3O2/c23-19-16(3-7-25-21(19)31-9-1-6-28-31)33-18-13-26-17(12-27-18)30-10-4-22(5-11-30)14-32-15(20(22)24)2-8-29-32;3-2(4,5)1(6)7/h1-3,6-9,12-13,20H,4-5,10-11,14,24H2;(H,6,7)/t20-;/m1./s1. The Morgan fingerprint density at radius 2 is 1.85 bits per heavy atom. The molecule has 0 radical (unpaired) electrons. The lowest BCUT2D eigenvalue weighted by Gasteiger charge is -2.41. The van der Waals surface area contributed by atoms with E-state index in [0.717, 1.165) is 53.9 Å². The zero-order valence-corrected chi connectivity index (χ0v) is 22.3. The number of alkyl halides is 3. The number of piperidine rings is 1. The van der Waals surface area contributed by atoms with Gasteiger partial charge in [-0.05, 0) is 31.0 Å². The number of halogens is 4. The van der Waals surface area contributed by atoms with E-state index in [4.69, 9.17) is 27.2 Å². The van der Waals surface area contributed by atoms with Gasteiger partial charge in [-0.3, -0.25) is 4.68 Å². The molecule has 4 aromatic heterocycles. The molecule has 6 heterocycles. The Hall–Kier alpha value is -3.69. The fourth-order valence-corrected chi connectivity index (χ4v) is 5.85. The highest BCUT2D eigenvalue weighted by Crippen LogP contribution is 2.47. The van der Waals surface area contributed by atoms with Gasteiger partial charge in [0.25, 0.3) is 0 Å². The van der Waals surface area contributed by atoms with Crippen LogP contribution >= 0.6 is 23.4 Å². The summed E-state index contributed by atoms with van der Waals surface area (Å²) in [7, 11) is 0. The average molecular weight is 594 g/mol. The van der Waals surface area contributed by atoms with Crippen molar-refractivity contribution >= 4 is 35.1 Å². The van der Waals surface area contributed by atoms with Gasteiger partial charge in [0.1, 0.15) is 10.8 Å². The summed E-state index contributed by atoms with van der Waals surface area (Å²) in [5, 5.41) is 17.1. The molecular weight excluding hydrogens is 571 g/mol. The number of carbonyl (C=O) groups is 1. The molecule has 0 aliphatic carbocycles. The predicted octanol–water partition coefficient (Wildman–Crippen LogP) is 3.99. The van der Waals surface area contributed by atoms with Gasteiger partial charge in [0.2, 0.25) is 0 Å². The number of hydrogen-bond acceptors (Lipinski definition) is 9. The van der Waals surface area contributed by atoms with Crippen LogP contribution in [0.15, 0.2) is 65.3 Å². The Balaban J connectivity index is 0.000000411. The Bertz CT molecular complexity index is 1470. The SMILES string of the molecule is N[C@@H]1c2ccnn2CC12CCN(c1cnc(Sc3ccnc(-n4cccn4)c3Cl)cn1)CC2.O=C(O)C(F)(F)F. The van der Waals surface area contributed by atoms with Crippen molar-refractivity contribution in [1.29, 1.82) is 0 Å². The fourth-order valence-electron chi connectivity index (χ4n) is 4.79. The van der Waals surface area contributed by atoms with Crippen molar-refractivity contribution in [2.75, 3.05) is 18.0 Å². The summed E-state index contributed by atoms with van der Waals surface area (Å²) in [6, 6.07) is 5.79. The molecule has 0 aromatic carbocycles. The molecule has 2 aliphatic heterocycles. The number of anilines is 1. The summed E-state index contributed by atoms with van der Waals surface area (Å²) in [4.78, 5) is 25.7. The highest BCUT2D eigenvalue weighted by Gasteiger charge is 2.47. The first-order valence-electron chi connectivity index (χ1n) is 12.0. The number of aromatic nitrogens is 7. The number of carboxylic acid groups (broad SMARTS) is 1. The zero-order chi connectivity index (χ0) is 28.5. The van der Waals surface area contributed by atoms with Crippen LogP contribution in [0.1, 0.15) is 24.6 Å². The van der Waals surface area contributed by atoms with Crippen LogP contribution in [-0.2, 0) is 11.3 Å². The summed E-state index contributed by atoms with van der Waals surface area (Å²) in [5.74, 6) is -1.28. The number of nitrogens with zero attached hydrogens (tertiary/aromatic N) is 8. The van der Waals surface area contributed by atoms with Crippen LogP contribution in [0.2, 0.25) is 5.02 Å². The van der Waals surface area contributed by atoms with Gasteiger partial charge >= 0.3 is 12.1 Å². The second kappa shape index (κ2) is 11.1. The van der Waals surface area contributed by atoms with Crippen molar-refractivity contribution in [3.05, 3.63) is 66.1 Å². The van der Waals surface area contributed by atoms with E-state index in [2.05, 4.69) is 34.7 Å². The topological polar surface area (TPSA) is 141 Å². The van der Waals surface area contributed by atoms with Gasteiger partial charge in [-0.2, -0.15) is 23.4 Å². The van der Waals surface area contributed by atoms with Crippen molar-refractivity contribution in [3.63, 3.8) is 0 Å². The minimum absolute atomic E-state index is 0.0451. The van der Waals surface area contributed by atoms with Crippen LogP contribution in [0.5, 0.6) is 0 Å². The summed E-state index contributed by atoms with van der Waals surface area (Å²) in [6.45, 7) is 2.71. The molecule has 4 aromatic rings. The third-order valence-electron chi connectivity index (χ3n) is 6.90. The molecule has 11 nitrogen and oxygen atoms in total. The van der Waals surface area contributed by atoms with E-state index in [0.29, 0.717) is 10.8 Å². The monoisotopic (exact) mass is 593 g/mol. The van der Waals surface area contributed by atoms with Crippen LogP contribution < -0.4 is 10.6 Å². The molecule has 16 heteroatoms. The zero-order valence-electron chi connectivity index (χ0n) is 20.7. The van der Waals surface area contributed by atoms with Crippen molar-refractivity contribution in [1.82, 2.24) is 34.5 Å². The molecule has 0 saturated carbocycles. The van der Waals surface area contributed by atoms with Gasteiger partial charge in [0.15, 0.2) is 5.82 Å². The molecule has 6 rings (SSSR count). The summed E-state index contributed by atoms with van der Waals surface area (Å²) in [6.07, 6.45) is 7.64. The van der Waals surface area contributed by atoms with Crippen LogP contribution in [-0.4, -0.2) is 64.9 Å². The van der Waals surface area contributed by atoms with Crippen molar-refractivity contribution in [2.24, 2.45) is 11.1 Å². The minimum Gasteiger partial charge on any atom is -0.475 e. The number of fused-ring (bicyclic) bond motifs is 1. The van der Waals surface area contributed by atoms with Gasteiger partial charge in [-0.25, -0.2) is 24.4 Å². The molecule has 40 heavy (non-hydrogen) atoms. The third-order valence-corrected chi connectivity index (χ3v) is 8.37. The van der Waals surface area contributed by atoms with E-state index in [9.17, 15) is 13.2 Å². The Morgan fingerprint density at radius 1 is 1.10 bits per heavy atom. The Labute approximate surface area is 235 Å². The summed E-state index contributed by atoms with van der Waals surface area (Å²) >= 11 is 8.04. The van der Waals surface area contributed by atoms with Gasteiger partial charge in [0, 0.05) is 54.7 Å². The lowest BCUT2D eigenvalue weighted by atomic mass is 9.73. The first-order valence-corrected chi connectivity index (χ1v) is 13.2. The van der Waals surface area contributed by atoms with Crippen LogP contribution in [0.4, 0.5) is 19.0 Å². The minimum atomic E-state index is -5.08. The van der Waals surface area contributed by atoms with Crippen molar-refractivity contribution in [3.8, 4) is 5.82 Å². The summed E-state index contributed by atoms with van der Waals surface area (Å²) in [5.41, 5.74) is 7.84. The maximum Gasteiger partial charge on any atom is 0.490 e. The van der Waals surface area contributed by atoms with E-state index < -0.39 is 12.1 Å². The molecule has 3 N–H and O–H groups in total. The van der Waals surface area contributed by atoms with E-state index >= 15 is 0 Å². The van der Waals surface area contributed by atoms with E-state index in [1.54, 1.807) is 23.3 Å². The van der Waals surface area contributed by atoms with Crippen LogP contribution in [0.25, 0.3) is 5.82 Å². The smallest absolute Gasteiger partial charge is 0.475 e. The predicted molar refractivity (Wildman–Crippen MR) is 139 cm³/mol. The molecule has 1 atom stereocenters. The van der Waals surface area contributed by atoms with E-state index in [-0.39, 0.29) is 11.5 Å². The molecular formula is C24H23ClF3N9O2S.